The fraction of sp³-hybridized carbons (Fsp3) is 0.316. The van der Waals surface area contributed by atoms with Crippen LogP contribution in [0.5, 0.6) is 5.88 Å². The molecule has 1 saturated carbocycles. The van der Waals surface area contributed by atoms with E-state index in [9.17, 15) is 10.1 Å². The summed E-state index contributed by atoms with van der Waals surface area (Å²) in [7, 11) is 0. The van der Waals surface area contributed by atoms with Gasteiger partial charge in [-0.3, -0.25) is 15.1 Å². The van der Waals surface area contributed by atoms with Gasteiger partial charge in [-0.1, -0.05) is 24.6 Å². The van der Waals surface area contributed by atoms with Crippen molar-refractivity contribution in [3.63, 3.8) is 0 Å². The number of hydrogen-bond donors (Lipinski definition) is 1. The van der Waals surface area contributed by atoms with Crippen molar-refractivity contribution in [3.05, 3.63) is 53.0 Å². The van der Waals surface area contributed by atoms with E-state index in [0.29, 0.717) is 11.2 Å². The Bertz CT molecular complexity index is 967. The molecule has 0 atom stereocenters. The maximum absolute atomic E-state index is 11.7. The predicted molar refractivity (Wildman–Crippen MR) is 101 cm³/mol. The average Bonchev–Trinajstić information content (AvgIpc) is 2.69. The molecule has 0 amide bonds. The predicted octanol–water partition coefficient (Wildman–Crippen LogP) is 4.39. The van der Waals surface area contributed by atoms with Crippen LogP contribution in [0.4, 0.5) is 17.2 Å². The van der Waals surface area contributed by atoms with E-state index in [-0.39, 0.29) is 23.5 Å². The molecule has 0 spiro atoms. The number of pyridine rings is 1. The molecule has 8 nitrogen and oxygen atoms in total. The molecule has 27 heavy (non-hydrogen) atoms. The lowest BCUT2D eigenvalue weighted by Gasteiger charge is -2.22. The minimum Gasteiger partial charge on any atom is -0.469 e. The molecule has 1 aromatic carbocycles. The Kier molecular flexibility index (Phi) is 4.78. The average molecular weight is 365 g/mol. The lowest BCUT2D eigenvalue weighted by molar-refractivity contribution is -0.385. The zero-order valence-electron chi connectivity index (χ0n) is 14.7. The molecular weight excluding hydrogens is 346 g/mol. The van der Waals surface area contributed by atoms with E-state index >= 15 is 0 Å². The third-order valence-corrected chi connectivity index (χ3v) is 4.69. The van der Waals surface area contributed by atoms with E-state index in [4.69, 9.17) is 4.74 Å². The van der Waals surface area contributed by atoms with Gasteiger partial charge in [0, 0.05) is 11.6 Å². The first-order valence-corrected chi connectivity index (χ1v) is 8.99. The summed E-state index contributed by atoms with van der Waals surface area (Å²) in [5.74, 6) is 0.108. The molecule has 0 aliphatic heterocycles. The van der Waals surface area contributed by atoms with Crippen molar-refractivity contribution in [1.29, 1.82) is 0 Å². The van der Waals surface area contributed by atoms with Crippen LogP contribution in [0.2, 0.25) is 0 Å². The fourth-order valence-corrected chi connectivity index (χ4v) is 3.38. The number of nitrogens with one attached hydrogen (secondary N) is 1. The summed E-state index contributed by atoms with van der Waals surface area (Å²) in [6.45, 7) is 0. The molecule has 0 bridgehead atoms. The van der Waals surface area contributed by atoms with Gasteiger partial charge in [-0.05, 0) is 37.8 Å². The highest BCUT2D eigenvalue weighted by Crippen LogP contribution is 2.36. The minimum absolute atomic E-state index is 0.0117. The van der Waals surface area contributed by atoms with Crippen LogP contribution in [-0.2, 0) is 0 Å². The van der Waals surface area contributed by atoms with Gasteiger partial charge in [-0.2, -0.15) is 4.98 Å². The summed E-state index contributed by atoms with van der Waals surface area (Å²) < 4.78 is 5.87. The largest absolute Gasteiger partial charge is 0.469 e. The molecule has 2 heterocycles. The zero-order chi connectivity index (χ0) is 18.6. The SMILES string of the molecule is O=[N+]([O-])c1c(Nc2cccc3cccnc23)ncnc1OC1CCCCC1. The van der Waals surface area contributed by atoms with E-state index < -0.39 is 4.92 Å². The highest BCUT2D eigenvalue weighted by molar-refractivity contribution is 5.92. The second-order valence-corrected chi connectivity index (χ2v) is 6.52. The minimum atomic E-state index is -0.501. The highest BCUT2D eigenvalue weighted by Gasteiger charge is 2.27. The van der Waals surface area contributed by atoms with Gasteiger partial charge in [0.25, 0.3) is 5.88 Å². The summed E-state index contributed by atoms with van der Waals surface area (Å²) in [5.41, 5.74) is 1.09. The molecule has 2 aromatic heterocycles. The number of nitrogens with zero attached hydrogens (tertiary/aromatic N) is 4. The Morgan fingerprint density at radius 1 is 1.07 bits per heavy atom. The monoisotopic (exact) mass is 365 g/mol. The van der Waals surface area contributed by atoms with Crippen LogP contribution in [0.15, 0.2) is 42.9 Å². The highest BCUT2D eigenvalue weighted by atomic mass is 16.6. The van der Waals surface area contributed by atoms with Gasteiger partial charge in [-0.15, -0.1) is 0 Å². The Balaban J connectivity index is 1.69. The molecule has 138 valence electrons. The molecule has 0 radical (unpaired) electrons. The summed E-state index contributed by atoms with van der Waals surface area (Å²) in [5, 5.41) is 15.7. The Morgan fingerprint density at radius 2 is 1.89 bits per heavy atom. The molecular formula is C19H19N5O3. The van der Waals surface area contributed by atoms with Crippen molar-refractivity contribution in [3.8, 4) is 5.88 Å². The van der Waals surface area contributed by atoms with Crippen molar-refractivity contribution in [2.75, 3.05) is 5.32 Å². The van der Waals surface area contributed by atoms with Crippen molar-refractivity contribution in [1.82, 2.24) is 15.0 Å². The number of ether oxygens (including phenoxy) is 1. The van der Waals surface area contributed by atoms with E-state index in [1.807, 2.05) is 30.3 Å². The topological polar surface area (TPSA) is 103 Å². The molecule has 8 heteroatoms. The third-order valence-electron chi connectivity index (χ3n) is 4.69. The quantitative estimate of drug-likeness (QED) is 0.528. The van der Waals surface area contributed by atoms with Gasteiger partial charge >= 0.3 is 5.69 Å². The van der Waals surface area contributed by atoms with Gasteiger partial charge in [-0.25, -0.2) is 4.98 Å². The van der Waals surface area contributed by atoms with E-state index in [1.165, 1.54) is 12.7 Å². The first kappa shape index (κ1) is 17.1. The number of aromatic nitrogens is 3. The van der Waals surface area contributed by atoms with Crippen LogP contribution in [0.1, 0.15) is 32.1 Å². The van der Waals surface area contributed by atoms with Crippen LogP contribution in [0.25, 0.3) is 10.9 Å². The van der Waals surface area contributed by atoms with Crippen LogP contribution >= 0.6 is 0 Å². The number of fused-ring (bicyclic) bond motifs is 1. The normalized spacial score (nSPS) is 14.8. The number of rotatable bonds is 5. The molecule has 1 N–H and O–H groups in total. The van der Waals surface area contributed by atoms with E-state index in [0.717, 1.165) is 31.1 Å². The second-order valence-electron chi connectivity index (χ2n) is 6.52. The van der Waals surface area contributed by atoms with Crippen LogP contribution in [0.3, 0.4) is 0 Å². The van der Waals surface area contributed by atoms with Crippen LogP contribution in [-0.4, -0.2) is 26.0 Å². The summed E-state index contributed by atoms with van der Waals surface area (Å²) in [4.78, 5) is 23.7. The van der Waals surface area contributed by atoms with Crippen molar-refractivity contribution < 1.29 is 9.66 Å². The van der Waals surface area contributed by atoms with Crippen molar-refractivity contribution in [2.24, 2.45) is 0 Å². The van der Waals surface area contributed by atoms with E-state index in [2.05, 4.69) is 20.3 Å². The summed E-state index contributed by atoms with van der Waals surface area (Å²) >= 11 is 0. The Morgan fingerprint density at radius 3 is 2.70 bits per heavy atom. The molecule has 3 aromatic rings. The maximum Gasteiger partial charge on any atom is 0.373 e. The number of anilines is 2. The first-order chi connectivity index (χ1) is 13.2. The third kappa shape index (κ3) is 3.64. The van der Waals surface area contributed by atoms with Gasteiger partial charge in [0.1, 0.15) is 12.4 Å². The zero-order valence-corrected chi connectivity index (χ0v) is 14.7. The van der Waals surface area contributed by atoms with Crippen LogP contribution in [0, 0.1) is 10.1 Å². The number of hydrogen-bond acceptors (Lipinski definition) is 7. The smallest absolute Gasteiger partial charge is 0.373 e. The Hall–Kier alpha value is -3.29. The molecule has 4 rings (SSSR count). The number of para-hydroxylation sites is 1. The van der Waals surface area contributed by atoms with Crippen molar-refractivity contribution >= 4 is 28.1 Å². The first-order valence-electron chi connectivity index (χ1n) is 8.99. The summed E-state index contributed by atoms with van der Waals surface area (Å²) in [6.07, 6.45) is 8.00. The standard InChI is InChI=1S/C19H19N5O3/c25-24(26)17-18(21-12-22-19(17)27-14-8-2-1-3-9-14)23-15-10-4-6-13-7-5-11-20-16(13)15/h4-7,10-12,14H,1-3,8-9H2,(H,21,22,23). The second kappa shape index (κ2) is 7.53. The van der Waals surface area contributed by atoms with Crippen molar-refractivity contribution in [2.45, 2.75) is 38.2 Å². The van der Waals surface area contributed by atoms with Gasteiger partial charge in [0.2, 0.25) is 5.82 Å². The molecule has 1 fully saturated rings. The van der Waals surface area contributed by atoms with Gasteiger partial charge in [0.05, 0.1) is 16.1 Å². The van der Waals surface area contributed by atoms with E-state index in [1.54, 1.807) is 6.20 Å². The fourth-order valence-electron chi connectivity index (χ4n) is 3.38. The lowest BCUT2D eigenvalue weighted by atomic mass is 9.98. The molecule has 0 unspecified atom stereocenters. The molecule has 1 aliphatic carbocycles. The lowest BCUT2D eigenvalue weighted by Crippen LogP contribution is -2.21. The number of nitro groups is 1. The molecule has 0 saturated heterocycles. The Labute approximate surface area is 155 Å². The number of benzene rings is 1. The maximum atomic E-state index is 11.7. The summed E-state index contributed by atoms with van der Waals surface area (Å²) in [6, 6.07) is 9.37. The van der Waals surface area contributed by atoms with Gasteiger partial charge in [0.15, 0.2) is 0 Å². The molecule has 1 aliphatic rings. The van der Waals surface area contributed by atoms with Crippen LogP contribution < -0.4 is 10.1 Å². The van der Waals surface area contributed by atoms with Gasteiger partial charge < -0.3 is 10.1 Å².